The highest BCUT2D eigenvalue weighted by Crippen LogP contribution is 2.42. The normalized spacial score (nSPS) is 11.6. The van der Waals surface area contributed by atoms with Gasteiger partial charge in [-0.15, -0.1) is 0 Å². The fraction of sp³-hybridized carbons (Fsp3) is 0. The average molecular weight is 643 g/mol. The van der Waals surface area contributed by atoms with Crippen LogP contribution in [0.5, 0.6) is 0 Å². The molecule has 10 rings (SSSR count). The Morgan fingerprint density at radius 1 is 0.380 bits per heavy atom. The van der Waals surface area contributed by atoms with Gasteiger partial charge in [0.15, 0.2) is 23.1 Å². The van der Waals surface area contributed by atoms with Crippen LogP contribution in [0.1, 0.15) is 0 Å². The Morgan fingerprint density at radius 3 is 1.88 bits per heavy atom. The van der Waals surface area contributed by atoms with Crippen LogP contribution in [0, 0.1) is 0 Å². The van der Waals surface area contributed by atoms with Crippen LogP contribution in [-0.4, -0.2) is 19.9 Å². The Labute approximate surface area is 286 Å². The molecular weight excluding hydrogens is 617 g/mol. The zero-order valence-corrected chi connectivity index (χ0v) is 26.6. The van der Waals surface area contributed by atoms with Gasteiger partial charge in [-0.05, 0) is 52.2 Å². The number of oxazole rings is 1. The van der Waals surface area contributed by atoms with E-state index in [1.54, 1.807) is 0 Å². The largest absolute Gasteiger partial charge is 0.455 e. The van der Waals surface area contributed by atoms with Crippen molar-refractivity contribution in [2.75, 3.05) is 0 Å². The lowest BCUT2D eigenvalue weighted by molar-refractivity contribution is 0.620. The van der Waals surface area contributed by atoms with E-state index in [0.717, 1.165) is 54.9 Å². The molecule has 3 heterocycles. The van der Waals surface area contributed by atoms with Gasteiger partial charge in [0, 0.05) is 27.5 Å². The predicted octanol–water partition coefficient (Wildman–Crippen LogP) is 11.4. The molecule has 0 saturated carbocycles. The van der Waals surface area contributed by atoms with Crippen LogP contribution < -0.4 is 0 Å². The summed E-state index contributed by atoms with van der Waals surface area (Å²) >= 11 is 0. The number of furan rings is 1. The van der Waals surface area contributed by atoms with Gasteiger partial charge in [-0.3, -0.25) is 0 Å². The van der Waals surface area contributed by atoms with Crippen LogP contribution in [0.2, 0.25) is 0 Å². The smallest absolute Gasteiger partial charge is 0.227 e. The van der Waals surface area contributed by atoms with Gasteiger partial charge in [0.1, 0.15) is 16.7 Å². The number of hydrogen-bond donors (Lipinski definition) is 0. The van der Waals surface area contributed by atoms with Gasteiger partial charge in [0.25, 0.3) is 0 Å². The molecule has 0 atom stereocenters. The molecule has 0 unspecified atom stereocenters. The number of fused-ring (bicyclic) bond motifs is 5. The Kier molecular flexibility index (Phi) is 6.39. The van der Waals surface area contributed by atoms with Crippen molar-refractivity contribution in [2.45, 2.75) is 0 Å². The third kappa shape index (κ3) is 4.65. The van der Waals surface area contributed by atoms with Gasteiger partial charge >= 0.3 is 0 Å². The number of benzene rings is 7. The third-order valence-electron chi connectivity index (χ3n) is 9.17. The summed E-state index contributed by atoms with van der Waals surface area (Å²) in [5, 5.41) is 4.12. The monoisotopic (exact) mass is 642 g/mol. The van der Waals surface area contributed by atoms with Crippen molar-refractivity contribution < 1.29 is 8.83 Å². The third-order valence-corrected chi connectivity index (χ3v) is 9.17. The second-order valence-electron chi connectivity index (χ2n) is 12.2. The number of hydrogen-bond acceptors (Lipinski definition) is 6. The molecule has 0 bridgehead atoms. The minimum atomic E-state index is 0.448. The van der Waals surface area contributed by atoms with Crippen molar-refractivity contribution >= 4 is 43.8 Å². The molecule has 50 heavy (non-hydrogen) atoms. The lowest BCUT2D eigenvalue weighted by atomic mass is 9.99. The molecule has 0 amide bonds. The highest BCUT2D eigenvalue weighted by Gasteiger charge is 2.25. The first-order valence-electron chi connectivity index (χ1n) is 16.5. The van der Waals surface area contributed by atoms with Crippen LogP contribution in [0.4, 0.5) is 0 Å². The molecule has 0 spiro atoms. The maximum Gasteiger partial charge on any atom is 0.227 e. The van der Waals surface area contributed by atoms with Crippen LogP contribution in [0.15, 0.2) is 167 Å². The van der Waals surface area contributed by atoms with E-state index in [1.165, 1.54) is 0 Å². The Bertz CT molecular complexity index is 2880. The summed E-state index contributed by atoms with van der Waals surface area (Å²) in [7, 11) is 0. The quantitative estimate of drug-likeness (QED) is 0.186. The van der Waals surface area contributed by atoms with Crippen LogP contribution in [0.25, 0.3) is 101 Å². The van der Waals surface area contributed by atoms with E-state index < -0.39 is 0 Å². The molecule has 6 nitrogen and oxygen atoms in total. The fourth-order valence-electron chi connectivity index (χ4n) is 6.77. The molecule has 0 aliphatic rings. The van der Waals surface area contributed by atoms with Crippen LogP contribution in [-0.2, 0) is 0 Å². The minimum Gasteiger partial charge on any atom is -0.455 e. The summed E-state index contributed by atoms with van der Waals surface area (Å²) in [6.07, 6.45) is 0. The van der Waals surface area contributed by atoms with Crippen molar-refractivity contribution in [1.82, 2.24) is 19.9 Å². The molecule has 0 aliphatic heterocycles. The highest BCUT2D eigenvalue weighted by molar-refractivity contribution is 6.16. The van der Waals surface area contributed by atoms with Gasteiger partial charge in [0.2, 0.25) is 5.89 Å². The predicted molar refractivity (Wildman–Crippen MR) is 199 cm³/mol. The molecule has 6 heteroatoms. The standard InChI is InChI=1S/C44H26N4O2/c1-3-14-28(15-4-1)32-19-9-10-21-34(32)42-46-41(31-24-23-27-13-7-8-18-30(27)25-31)47-43(48-42)38-39-37(50-44(45-39)29-16-5-2-6-17-29)26-35-33-20-11-12-22-36(33)49-40(35)38/h1-26H. The maximum absolute atomic E-state index is 6.62. The topological polar surface area (TPSA) is 77.8 Å². The number of aromatic nitrogens is 4. The first kappa shape index (κ1) is 28.1. The molecule has 0 aliphatic carbocycles. The summed E-state index contributed by atoms with van der Waals surface area (Å²) in [5.41, 5.74) is 8.04. The summed E-state index contributed by atoms with van der Waals surface area (Å²) in [6, 6.07) is 53.0. The Morgan fingerprint density at radius 2 is 1.04 bits per heavy atom. The lowest BCUT2D eigenvalue weighted by Gasteiger charge is -2.12. The van der Waals surface area contributed by atoms with Gasteiger partial charge in [-0.25, -0.2) is 19.9 Å². The summed E-state index contributed by atoms with van der Waals surface area (Å²) < 4.78 is 13.1. The van der Waals surface area contributed by atoms with E-state index in [4.69, 9.17) is 28.8 Å². The van der Waals surface area contributed by atoms with Crippen LogP contribution >= 0.6 is 0 Å². The number of nitrogens with zero attached hydrogens (tertiary/aromatic N) is 4. The molecule has 3 aromatic heterocycles. The maximum atomic E-state index is 6.62. The molecule has 10 aromatic rings. The first-order valence-corrected chi connectivity index (χ1v) is 16.5. The van der Waals surface area contributed by atoms with Crippen molar-refractivity contribution in [2.24, 2.45) is 0 Å². The van der Waals surface area contributed by atoms with E-state index in [0.29, 0.717) is 45.6 Å². The fourth-order valence-corrected chi connectivity index (χ4v) is 6.77. The molecule has 234 valence electrons. The SMILES string of the molecule is c1ccc(-c2nc3c(-c4nc(-c5ccc6ccccc6c5)nc(-c5ccccc5-c5ccccc5)n4)c4oc5ccccc5c4cc3o2)cc1. The molecule has 0 radical (unpaired) electrons. The summed E-state index contributed by atoms with van der Waals surface area (Å²) in [4.78, 5) is 20.6. The Balaban J connectivity index is 1.30. The minimum absolute atomic E-state index is 0.448. The number of rotatable bonds is 5. The second kappa shape index (κ2) is 11.4. The van der Waals surface area contributed by atoms with E-state index in [9.17, 15) is 0 Å². The van der Waals surface area contributed by atoms with E-state index in [1.807, 2.05) is 97.1 Å². The van der Waals surface area contributed by atoms with Crippen molar-refractivity contribution in [3.8, 4) is 56.7 Å². The number of para-hydroxylation sites is 1. The second-order valence-corrected chi connectivity index (χ2v) is 12.2. The lowest BCUT2D eigenvalue weighted by Crippen LogP contribution is -2.02. The van der Waals surface area contributed by atoms with E-state index in [2.05, 4.69) is 60.7 Å². The van der Waals surface area contributed by atoms with Gasteiger partial charge < -0.3 is 8.83 Å². The summed E-state index contributed by atoms with van der Waals surface area (Å²) in [6.45, 7) is 0. The van der Waals surface area contributed by atoms with Crippen molar-refractivity contribution in [3.05, 3.63) is 158 Å². The van der Waals surface area contributed by atoms with Crippen molar-refractivity contribution in [3.63, 3.8) is 0 Å². The Hall–Kier alpha value is -6.92. The van der Waals surface area contributed by atoms with Crippen LogP contribution in [0.3, 0.4) is 0 Å². The van der Waals surface area contributed by atoms with E-state index >= 15 is 0 Å². The zero-order chi connectivity index (χ0) is 33.0. The highest BCUT2D eigenvalue weighted by atomic mass is 16.4. The first-order chi connectivity index (χ1) is 24.8. The average Bonchev–Trinajstić information content (AvgIpc) is 3.79. The molecule has 0 N–H and O–H groups in total. The van der Waals surface area contributed by atoms with Gasteiger partial charge in [0.05, 0.1) is 5.56 Å². The molecule has 0 saturated heterocycles. The molecule has 7 aromatic carbocycles. The van der Waals surface area contributed by atoms with E-state index in [-0.39, 0.29) is 0 Å². The molecule has 0 fully saturated rings. The van der Waals surface area contributed by atoms with Crippen molar-refractivity contribution in [1.29, 1.82) is 0 Å². The summed E-state index contributed by atoms with van der Waals surface area (Å²) in [5.74, 6) is 2.05. The zero-order valence-electron chi connectivity index (χ0n) is 26.6. The van der Waals surface area contributed by atoms with Gasteiger partial charge in [-0.1, -0.05) is 127 Å². The van der Waals surface area contributed by atoms with Gasteiger partial charge in [-0.2, -0.15) is 0 Å². The molecular formula is C44H26N4O2.